The lowest BCUT2D eigenvalue weighted by Crippen LogP contribution is -2.23. The summed E-state index contributed by atoms with van der Waals surface area (Å²) < 4.78 is 1.50. The van der Waals surface area contributed by atoms with Crippen molar-refractivity contribution >= 4 is 28.9 Å². The Labute approximate surface area is 208 Å². The summed E-state index contributed by atoms with van der Waals surface area (Å²) in [7, 11) is 0. The number of rotatable bonds is 6. The van der Waals surface area contributed by atoms with Crippen LogP contribution in [-0.4, -0.2) is 32.5 Å². The van der Waals surface area contributed by atoms with Crippen molar-refractivity contribution in [1.29, 1.82) is 0 Å². The largest absolute Gasteiger partial charge is 0.508 e. The second-order valence-electron chi connectivity index (χ2n) is 8.64. The number of halogens is 1. The first-order valence-electron chi connectivity index (χ1n) is 11.3. The van der Waals surface area contributed by atoms with Crippen molar-refractivity contribution < 1.29 is 14.7 Å². The average Bonchev–Trinajstić information content (AvgIpc) is 3.26. The first-order valence-corrected chi connectivity index (χ1v) is 11.9. The van der Waals surface area contributed by atoms with E-state index in [1.807, 2.05) is 67.6 Å². The minimum atomic E-state index is -0.233. The standard InChI is InChI=1S/C29H23ClN2O3/c1-18-14-24-27(19-8-4-2-5-9-19)28(20-10-6-3-7-11-20)31-32(24)29(35)26(18)21-12-13-25(34)22(15-21)16-23(33)17-30/h2-13,15,34H,14,16-17H2,1H3. The normalized spacial score (nSPS) is 13.1. The number of hydrogen-bond donors (Lipinski definition) is 1. The van der Waals surface area contributed by atoms with E-state index in [0.717, 1.165) is 33.7 Å². The lowest BCUT2D eigenvalue weighted by Gasteiger charge is -2.20. The molecule has 6 heteroatoms. The van der Waals surface area contributed by atoms with Crippen LogP contribution in [0.1, 0.15) is 28.5 Å². The summed E-state index contributed by atoms with van der Waals surface area (Å²) in [4.78, 5) is 25.7. The van der Waals surface area contributed by atoms with Crippen molar-refractivity contribution in [1.82, 2.24) is 9.78 Å². The summed E-state index contributed by atoms with van der Waals surface area (Å²) in [5.41, 5.74) is 7.01. The number of phenolic OH excluding ortho intramolecular Hbond substituents is 1. The van der Waals surface area contributed by atoms with Gasteiger partial charge in [-0.15, -0.1) is 11.6 Å². The Morgan fingerprint density at radius 2 is 1.63 bits per heavy atom. The molecule has 0 saturated carbocycles. The second-order valence-corrected chi connectivity index (χ2v) is 8.91. The molecule has 1 aromatic heterocycles. The van der Waals surface area contributed by atoms with Crippen LogP contribution in [0.25, 0.3) is 28.0 Å². The molecule has 4 aromatic rings. The highest BCUT2D eigenvalue weighted by Gasteiger charge is 2.31. The molecule has 5 rings (SSSR count). The fourth-order valence-corrected chi connectivity index (χ4v) is 4.73. The van der Waals surface area contributed by atoms with E-state index >= 15 is 0 Å². The number of fused-ring (bicyclic) bond motifs is 1. The Morgan fingerprint density at radius 3 is 2.29 bits per heavy atom. The molecule has 0 unspecified atom stereocenters. The number of aromatic nitrogens is 2. The molecule has 2 heterocycles. The number of carbonyl (C=O) groups is 2. The Hall–Kier alpha value is -3.96. The van der Waals surface area contributed by atoms with Gasteiger partial charge in [-0.1, -0.05) is 72.3 Å². The summed E-state index contributed by atoms with van der Waals surface area (Å²) in [5, 5.41) is 15.0. The van der Waals surface area contributed by atoms with Crippen LogP contribution < -0.4 is 0 Å². The van der Waals surface area contributed by atoms with Crippen molar-refractivity contribution in [3.05, 3.63) is 101 Å². The van der Waals surface area contributed by atoms with Gasteiger partial charge in [0.25, 0.3) is 5.91 Å². The van der Waals surface area contributed by atoms with Crippen LogP contribution in [0.15, 0.2) is 84.4 Å². The molecule has 0 bridgehead atoms. The summed E-state index contributed by atoms with van der Waals surface area (Å²) in [6.45, 7) is 1.94. The van der Waals surface area contributed by atoms with E-state index in [4.69, 9.17) is 16.7 Å². The van der Waals surface area contributed by atoms with Crippen molar-refractivity contribution in [2.45, 2.75) is 19.8 Å². The van der Waals surface area contributed by atoms with Gasteiger partial charge in [0.05, 0.1) is 11.6 Å². The molecule has 0 amide bonds. The lowest BCUT2D eigenvalue weighted by molar-refractivity contribution is -0.116. The van der Waals surface area contributed by atoms with Gasteiger partial charge >= 0.3 is 0 Å². The molecule has 174 valence electrons. The molecule has 1 N–H and O–H groups in total. The lowest BCUT2D eigenvalue weighted by atomic mass is 9.89. The quantitative estimate of drug-likeness (QED) is 0.345. The topological polar surface area (TPSA) is 72.2 Å². The number of ketones is 1. The SMILES string of the molecule is CC1=C(c2ccc(O)c(CC(=O)CCl)c2)C(=O)n2nc(-c3ccccc3)c(-c3ccccc3)c2C1. The maximum absolute atomic E-state index is 13.8. The Morgan fingerprint density at radius 1 is 0.971 bits per heavy atom. The monoisotopic (exact) mass is 482 g/mol. The van der Waals surface area contributed by atoms with Gasteiger partial charge in [0.2, 0.25) is 0 Å². The number of alkyl halides is 1. The smallest absolute Gasteiger partial charge is 0.279 e. The van der Waals surface area contributed by atoms with Gasteiger partial charge in [0.15, 0.2) is 5.78 Å². The molecule has 5 nitrogen and oxygen atoms in total. The predicted molar refractivity (Wildman–Crippen MR) is 138 cm³/mol. The number of aromatic hydroxyl groups is 1. The van der Waals surface area contributed by atoms with Crippen molar-refractivity contribution in [2.75, 3.05) is 5.88 Å². The van der Waals surface area contributed by atoms with Crippen LogP contribution in [0, 0.1) is 0 Å². The van der Waals surface area contributed by atoms with Crippen LogP contribution in [0.3, 0.4) is 0 Å². The molecule has 3 aromatic carbocycles. The van der Waals surface area contributed by atoms with Gasteiger partial charge in [0.1, 0.15) is 11.4 Å². The summed E-state index contributed by atoms with van der Waals surface area (Å²) in [6, 6.07) is 24.8. The molecule has 1 aliphatic rings. The highest BCUT2D eigenvalue weighted by molar-refractivity contribution is 6.27. The average molecular weight is 483 g/mol. The van der Waals surface area contributed by atoms with E-state index in [-0.39, 0.29) is 29.7 Å². The maximum atomic E-state index is 13.8. The minimum absolute atomic E-state index is 0.00577. The number of Topliss-reactive ketones (excluding diaryl/α,β-unsaturated/α-hetero) is 1. The Bertz CT molecular complexity index is 1470. The minimum Gasteiger partial charge on any atom is -0.508 e. The molecular formula is C29H23ClN2O3. The third-order valence-electron chi connectivity index (χ3n) is 6.26. The van der Waals surface area contributed by atoms with E-state index in [2.05, 4.69) is 0 Å². The second kappa shape index (κ2) is 9.35. The van der Waals surface area contributed by atoms with Crippen molar-refractivity contribution in [2.24, 2.45) is 0 Å². The number of phenols is 1. The maximum Gasteiger partial charge on any atom is 0.279 e. The molecule has 1 aliphatic heterocycles. The zero-order valence-corrected chi connectivity index (χ0v) is 19.9. The van der Waals surface area contributed by atoms with Gasteiger partial charge in [-0.25, -0.2) is 0 Å². The summed E-state index contributed by atoms with van der Waals surface area (Å²) in [5.74, 6) is -0.560. The molecule has 35 heavy (non-hydrogen) atoms. The highest BCUT2D eigenvalue weighted by atomic mass is 35.5. The fraction of sp³-hybridized carbons (Fsp3) is 0.138. The number of allylic oxidation sites excluding steroid dienone is 2. The van der Waals surface area contributed by atoms with Crippen LogP contribution >= 0.6 is 11.6 Å². The molecule has 0 atom stereocenters. The number of carbonyl (C=O) groups excluding carboxylic acids is 2. The van der Waals surface area contributed by atoms with Gasteiger partial charge in [-0.05, 0) is 30.2 Å². The van der Waals surface area contributed by atoms with E-state index < -0.39 is 0 Å². The van der Waals surface area contributed by atoms with Crippen molar-refractivity contribution in [3.8, 4) is 28.1 Å². The third-order valence-corrected chi connectivity index (χ3v) is 6.56. The molecule has 0 aliphatic carbocycles. The van der Waals surface area contributed by atoms with Crippen LogP contribution in [0.2, 0.25) is 0 Å². The van der Waals surface area contributed by atoms with Crippen LogP contribution in [0.4, 0.5) is 0 Å². The summed E-state index contributed by atoms with van der Waals surface area (Å²) >= 11 is 5.66. The fourth-order valence-electron chi connectivity index (χ4n) is 4.63. The molecular weight excluding hydrogens is 460 g/mol. The molecule has 0 saturated heterocycles. The molecule has 0 fully saturated rings. The van der Waals surface area contributed by atoms with E-state index in [1.54, 1.807) is 12.1 Å². The first-order chi connectivity index (χ1) is 17.0. The van der Waals surface area contributed by atoms with Crippen LogP contribution in [0.5, 0.6) is 5.75 Å². The van der Waals surface area contributed by atoms with Gasteiger partial charge in [-0.3, -0.25) is 9.59 Å². The van der Waals surface area contributed by atoms with E-state index in [9.17, 15) is 14.7 Å². The highest BCUT2D eigenvalue weighted by Crippen LogP contribution is 2.40. The number of benzene rings is 3. The summed E-state index contributed by atoms with van der Waals surface area (Å²) in [6.07, 6.45) is 0.551. The first kappa shape index (κ1) is 22.8. The Balaban J connectivity index is 1.64. The predicted octanol–water partition coefficient (Wildman–Crippen LogP) is 5.94. The van der Waals surface area contributed by atoms with Crippen LogP contribution in [-0.2, 0) is 17.6 Å². The van der Waals surface area contributed by atoms with Gasteiger partial charge in [-0.2, -0.15) is 9.78 Å². The zero-order valence-electron chi connectivity index (χ0n) is 19.2. The zero-order chi connectivity index (χ0) is 24.5. The number of hydrogen-bond acceptors (Lipinski definition) is 4. The van der Waals surface area contributed by atoms with Gasteiger partial charge in [0, 0.05) is 35.1 Å². The Kier molecular flexibility index (Phi) is 6.10. The third kappa shape index (κ3) is 4.19. The van der Waals surface area contributed by atoms with Crippen molar-refractivity contribution in [3.63, 3.8) is 0 Å². The van der Waals surface area contributed by atoms with Gasteiger partial charge < -0.3 is 5.11 Å². The molecule has 0 radical (unpaired) electrons. The number of nitrogens with zero attached hydrogens (tertiary/aromatic N) is 2. The molecule has 0 spiro atoms. The van der Waals surface area contributed by atoms with E-state index in [0.29, 0.717) is 23.1 Å². The van der Waals surface area contributed by atoms with E-state index in [1.165, 1.54) is 10.7 Å².